The van der Waals surface area contributed by atoms with Gasteiger partial charge in [0.15, 0.2) is 6.29 Å². The van der Waals surface area contributed by atoms with Crippen LogP contribution >= 0.6 is 0 Å². The van der Waals surface area contributed by atoms with Crippen LogP contribution < -0.4 is 10.5 Å². The summed E-state index contributed by atoms with van der Waals surface area (Å²) >= 11 is 0. The van der Waals surface area contributed by atoms with E-state index < -0.39 is 0 Å². The van der Waals surface area contributed by atoms with Gasteiger partial charge in [-0.1, -0.05) is 24.3 Å². The summed E-state index contributed by atoms with van der Waals surface area (Å²) in [6.07, 6.45) is 0.733. The van der Waals surface area contributed by atoms with Crippen LogP contribution in [-0.4, -0.2) is 22.7 Å². The van der Waals surface area contributed by atoms with Gasteiger partial charge in [-0.3, -0.25) is 14.6 Å². The minimum Gasteiger partial charge on any atom is -0.485 e. The SMILES string of the molecule is Cn1[nH]c(N)c2c(OCC=O)c3ccccc3c1-2. The quantitative estimate of drug-likeness (QED) is 0.688. The number of hydrogen-bond donors (Lipinski definition) is 2. The Hall–Kier alpha value is -2.43. The van der Waals surface area contributed by atoms with Gasteiger partial charge in [0, 0.05) is 17.8 Å². The first-order chi connectivity index (χ1) is 8.74. The summed E-state index contributed by atoms with van der Waals surface area (Å²) in [6.45, 7) is 0.0252. The third-order valence-corrected chi connectivity index (χ3v) is 3.08. The molecule has 0 bridgehead atoms. The van der Waals surface area contributed by atoms with Crippen molar-refractivity contribution in [2.45, 2.75) is 0 Å². The Labute approximate surface area is 103 Å². The number of nitrogens with one attached hydrogen (secondary N) is 1. The van der Waals surface area contributed by atoms with Crippen molar-refractivity contribution in [2.24, 2.45) is 7.05 Å². The van der Waals surface area contributed by atoms with E-state index >= 15 is 0 Å². The summed E-state index contributed by atoms with van der Waals surface area (Å²) in [7, 11) is 1.90. The number of anilines is 1. The van der Waals surface area contributed by atoms with Gasteiger partial charge in [-0.15, -0.1) is 0 Å². The molecule has 0 fully saturated rings. The second-order valence-corrected chi connectivity index (χ2v) is 4.16. The molecule has 0 radical (unpaired) electrons. The van der Waals surface area contributed by atoms with Crippen molar-refractivity contribution >= 4 is 22.9 Å². The van der Waals surface area contributed by atoms with Gasteiger partial charge in [0.2, 0.25) is 0 Å². The Balaban J connectivity index is 2.36. The zero-order valence-corrected chi connectivity index (χ0v) is 9.93. The fraction of sp³-hybridized carbons (Fsp3) is 0.154. The number of fused-ring (bicyclic) bond motifs is 3. The van der Waals surface area contributed by atoms with Gasteiger partial charge in [-0.25, -0.2) is 0 Å². The van der Waals surface area contributed by atoms with Gasteiger partial charge in [0.05, 0.1) is 11.3 Å². The third kappa shape index (κ3) is 1.30. The number of nitrogens with two attached hydrogens (primary N) is 1. The van der Waals surface area contributed by atoms with E-state index in [0.29, 0.717) is 11.6 Å². The molecular formula is C13H13N3O2. The van der Waals surface area contributed by atoms with Crippen LogP contribution in [0.1, 0.15) is 0 Å². The maximum absolute atomic E-state index is 10.5. The van der Waals surface area contributed by atoms with E-state index in [4.69, 9.17) is 10.5 Å². The largest absolute Gasteiger partial charge is 0.485 e. The Morgan fingerprint density at radius 2 is 2.11 bits per heavy atom. The number of carbonyl (C=O) groups excluding carboxylic acids is 1. The van der Waals surface area contributed by atoms with E-state index in [1.807, 2.05) is 36.0 Å². The smallest absolute Gasteiger partial charge is 0.157 e. The molecule has 3 N–H and O–H groups in total. The van der Waals surface area contributed by atoms with E-state index in [2.05, 4.69) is 5.10 Å². The fourth-order valence-corrected chi connectivity index (χ4v) is 2.42. The molecule has 1 aromatic rings. The maximum Gasteiger partial charge on any atom is 0.157 e. The second kappa shape index (κ2) is 3.80. The van der Waals surface area contributed by atoms with Crippen LogP contribution in [-0.2, 0) is 11.8 Å². The lowest BCUT2D eigenvalue weighted by molar-refractivity contribution is -0.109. The molecule has 18 heavy (non-hydrogen) atoms. The Bertz CT molecular complexity index is 696. The number of aromatic amines is 1. The number of H-pyrrole nitrogens is 1. The van der Waals surface area contributed by atoms with E-state index in [1.54, 1.807) is 0 Å². The summed E-state index contributed by atoms with van der Waals surface area (Å²) in [4.78, 5) is 10.5. The number of aldehydes is 1. The molecule has 0 aromatic heterocycles. The molecule has 2 aliphatic rings. The number of carbonyl (C=O) groups is 1. The molecular weight excluding hydrogens is 230 g/mol. The van der Waals surface area contributed by atoms with E-state index in [9.17, 15) is 4.79 Å². The second-order valence-electron chi connectivity index (χ2n) is 4.16. The minimum atomic E-state index is 0.0252. The van der Waals surface area contributed by atoms with E-state index in [1.165, 1.54) is 0 Å². The Morgan fingerprint density at radius 3 is 2.83 bits per heavy atom. The van der Waals surface area contributed by atoms with Gasteiger partial charge in [-0.05, 0) is 0 Å². The molecule has 3 rings (SSSR count). The van der Waals surface area contributed by atoms with Gasteiger partial charge >= 0.3 is 0 Å². The molecule has 0 saturated carbocycles. The van der Waals surface area contributed by atoms with E-state index in [0.717, 1.165) is 28.3 Å². The molecule has 0 amide bonds. The zero-order valence-electron chi connectivity index (χ0n) is 9.93. The van der Waals surface area contributed by atoms with Crippen molar-refractivity contribution in [2.75, 3.05) is 12.3 Å². The minimum absolute atomic E-state index is 0.0252. The fourth-order valence-electron chi connectivity index (χ4n) is 2.42. The van der Waals surface area contributed by atoms with Crippen LogP contribution in [0.2, 0.25) is 0 Å². The molecule has 0 atom stereocenters. The molecule has 5 nitrogen and oxygen atoms in total. The number of hydrogen-bond acceptors (Lipinski definition) is 3. The van der Waals surface area contributed by atoms with Gasteiger partial charge in [0.25, 0.3) is 0 Å². The number of nitrogens with zero attached hydrogens (tertiary/aromatic N) is 1. The molecule has 1 heterocycles. The molecule has 1 aliphatic heterocycles. The van der Waals surface area contributed by atoms with Crippen LogP contribution in [0, 0.1) is 0 Å². The molecule has 1 aromatic carbocycles. The van der Waals surface area contributed by atoms with Crippen LogP contribution in [0.4, 0.5) is 5.82 Å². The lowest BCUT2D eigenvalue weighted by Crippen LogP contribution is -1.98. The van der Waals surface area contributed by atoms with Crippen molar-refractivity contribution in [1.82, 2.24) is 9.78 Å². The summed E-state index contributed by atoms with van der Waals surface area (Å²) in [5, 5.41) is 5.06. The first-order valence-corrected chi connectivity index (χ1v) is 5.65. The van der Waals surface area contributed by atoms with Gasteiger partial charge < -0.3 is 10.5 Å². The van der Waals surface area contributed by atoms with Crippen LogP contribution in [0.25, 0.3) is 22.0 Å². The van der Waals surface area contributed by atoms with Crippen molar-refractivity contribution in [3.05, 3.63) is 24.3 Å². The van der Waals surface area contributed by atoms with Crippen LogP contribution in [0.3, 0.4) is 0 Å². The summed E-state index contributed by atoms with van der Waals surface area (Å²) in [5.41, 5.74) is 7.79. The molecule has 0 saturated heterocycles. The van der Waals surface area contributed by atoms with Crippen molar-refractivity contribution < 1.29 is 9.53 Å². The number of rotatable bonds is 3. The number of aromatic nitrogens is 2. The molecule has 0 spiro atoms. The topological polar surface area (TPSA) is 73.0 Å². The molecule has 1 aliphatic carbocycles. The molecule has 5 heteroatoms. The molecule has 0 unspecified atom stereocenters. The van der Waals surface area contributed by atoms with Crippen molar-refractivity contribution in [3.8, 4) is 17.0 Å². The lowest BCUT2D eigenvalue weighted by Gasteiger charge is -2.02. The number of nitrogen functional groups attached to an aromatic ring is 1. The highest BCUT2D eigenvalue weighted by Gasteiger charge is 2.25. The standard InChI is InChI=1S/C13H13N3O2/c1-16-11-8-4-2-3-5-9(8)12(18-7-6-17)10(11)13(14)15-16/h2-6,15H,7,14H2,1H3. The molecule has 92 valence electrons. The van der Waals surface area contributed by atoms with Gasteiger partial charge in [0.1, 0.15) is 18.2 Å². The van der Waals surface area contributed by atoms with Crippen molar-refractivity contribution in [1.29, 1.82) is 0 Å². The van der Waals surface area contributed by atoms with E-state index in [-0.39, 0.29) is 6.61 Å². The maximum atomic E-state index is 10.5. The summed E-state index contributed by atoms with van der Waals surface area (Å²) in [5.74, 6) is 1.21. The Morgan fingerprint density at radius 1 is 1.39 bits per heavy atom. The predicted molar refractivity (Wildman–Crippen MR) is 69.9 cm³/mol. The average molecular weight is 243 g/mol. The highest BCUT2D eigenvalue weighted by molar-refractivity contribution is 6.10. The van der Waals surface area contributed by atoms with Gasteiger partial charge in [-0.2, -0.15) is 0 Å². The highest BCUT2D eigenvalue weighted by atomic mass is 16.5. The predicted octanol–water partition coefficient (Wildman–Crippen LogP) is 1.77. The number of benzene rings is 1. The average Bonchev–Trinajstić information content (AvgIpc) is 2.84. The number of ether oxygens (including phenoxy) is 1. The summed E-state index contributed by atoms with van der Waals surface area (Å²) < 4.78 is 7.40. The Kier molecular flexibility index (Phi) is 2.26. The summed E-state index contributed by atoms with van der Waals surface area (Å²) in [6, 6.07) is 7.89. The lowest BCUT2D eigenvalue weighted by atomic mass is 10.2. The highest BCUT2D eigenvalue weighted by Crippen LogP contribution is 2.47. The van der Waals surface area contributed by atoms with Crippen LogP contribution in [0.5, 0.6) is 5.75 Å². The normalized spacial score (nSPS) is 11.2. The number of aryl methyl sites for hydroxylation is 1. The van der Waals surface area contributed by atoms with Crippen molar-refractivity contribution in [3.63, 3.8) is 0 Å². The monoisotopic (exact) mass is 243 g/mol. The first kappa shape index (κ1) is 10.7. The zero-order chi connectivity index (χ0) is 12.7. The van der Waals surface area contributed by atoms with Crippen LogP contribution in [0.15, 0.2) is 24.3 Å². The third-order valence-electron chi connectivity index (χ3n) is 3.08. The first-order valence-electron chi connectivity index (χ1n) is 5.65.